The predicted octanol–water partition coefficient (Wildman–Crippen LogP) is 5.71. The molecule has 136 valence electrons. The molecule has 0 spiro atoms. The van der Waals surface area contributed by atoms with Gasteiger partial charge in [0.05, 0.1) is 5.41 Å². The van der Waals surface area contributed by atoms with Crippen LogP contribution in [0.1, 0.15) is 31.9 Å². The molecule has 0 heterocycles. The van der Waals surface area contributed by atoms with Crippen molar-refractivity contribution >= 4 is 0 Å². The summed E-state index contributed by atoms with van der Waals surface area (Å²) in [6.07, 6.45) is 9.07. The molecule has 0 aliphatic heterocycles. The van der Waals surface area contributed by atoms with E-state index in [2.05, 4.69) is 106 Å². The van der Waals surface area contributed by atoms with Gasteiger partial charge in [-0.05, 0) is 53.2 Å². The number of allylic oxidation sites excluding steroid dienone is 6. The molecule has 0 radical (unpaired) electrons. The quantitative estimate of drug-likeness (QED) is 0.751. The maximum Gasteiger partial charge on any atom is 0.0671 e. The third-order valence-corrected chi connectivity index (χ3v) is 6.09. The van der Waals surface area contributed by atoms with Gasteiger partial charge in [0, 0.05) is 6.04 Å². The first-order chi connectivity index (χ1) is 13.1. The van der Waals surface area contributed by atoms with Crippen molar-refractivity contribution in [3.8, 4) is 0 Å². The monoisotopic (exact) mass is 353 g/mol. The second kappa shape index (κ2) is 6.83. The minimum absolute atomic E-state index is 0.0355. The Hall–Kier alpha value is -2.64. The van der Waals surface area contributed by atoms with Crippen molar-refractivity contribution in [1.82, 2.24) is 0 Å². The fourth-order valence-corrected chi connectivity index (χ4v) is 4.73. The van der Waals surface area contributed by atoms with Crippen molar-refractivity contribution in [3.63, 3.8) is 0 Å². The molecule has 2 aliphatic rings. The van der Waals surface area contributed by atoms with E-state index in [1.807, 2.05) is 0 Å². The Morgan fingerprint density at radius 2 is 1.44 bits per heavy atom. The molecule has 0 aromatic heterocycles. The van der Waals surface area contributed by atoms with E-state index in [0.717, 1.165) is 0 Å². The Labute approximate surface area is 162 Å². The van der Waals surface area contributed by atoms with Crippen LogP contribution in [-0.4, -0.2) is 6.04 Å². The largest absolute Gasteiger partial charge is 0.324 e. The maximum atomic E-state index is 6.52. The Morgan fingerprint density at radius 3 is 1.96 bits per heavy atom. The zero-order chi connectivity index (χ0) is 19.0. The van der Waals surface area contributed by atoms with Crippen LogP contribution in [0.15, 0.2) is 107 Å². The molecule has 2 atom stereocenters. The molecule has 0 saturated carbocycles. The minimum atomic E-state index is -0.291. The van der Waals surface area contributed by atoms with Gasteiger partial charge in [-0.3, -0.25) is 0 Å². The molecular formula is C26H27N. The molecule has 0 fully saturated rings. The smallest absolute Gasteiger partial charge is 0.0671 e. The highest BCUT2D eigenvalue weighted by Gasteiger charge is 2.48. The summed E-state index contributed by atoms with van der Waals surface area (Å²) in [7, 11) is 0. The van der Waals surface area contributed by atoms with E-state index in [4.69, 9.17) is 5.73 Å². The second-order valence-electron chi connectivity index (χ2n) is 7.62. The van der Waals surface area contributed by atoms with Gasteiger partial charge in [-0.15, -0.1) is 0 Å². The van der Waals surface area contributed by atoms with Gasteiger partial charge in [0.2, 0.25) is 0 Å². The van der Waals surface area contributed by atoms with Crippen LogP contribution in [0, 0.1) is 5.92 Å². The summed E-state index contributed by atoms with van der Waals surface area (Å²) < 4.78 is 0. The molecule has 0 saturated heterocycles. The van der Waals surface area contributed by atoms with Crippen molar-refractivity contribution in [2.75, 3.05) is 0 Å². The van der Waals surface area contributed by atoms with Gasteiger partial charge in [0.1, 0.15) is 0 Å². The SMILES string of the molecule is C/C=C\C1=C(C)C(c2ccccc2)(c2ccccc2)C2=CC(N)C(C)C=C21. The predicted molar refractivity (Wildman–Crippen MR) is 114 cm³/mol. The minimum Gasteiger partial charge on any atom is -0.324 e. The average Bonchev–Trinajstić information content (AvgIpc) is 2.93. The van der Waals surface area contributed by atoms with E-state index in [-0.39, 0.29) is 11.5 Å². The van der Waals surface area contributed by atoms with Gasteiger partial charge in [0.25, 0.3) is 0 Å². The van der Waals surface area contributed by atoms with E-state index < -0.39 is 0 Å². The van der Waals surface area contributed by atoms with Gasteiger partial charge in [-0.2, -0.15) is 0 Å². The van der Waals surface area contributed by atoms with E-state index in [1.54, 1.807) is 0 Å². The molecule has 2 aliphatic carbocycles. The lowest BCUT2D eigenvalue weighted by Crippen LogP contribution is -2.34. The van der Waals surface area contributed by atoms with Crippen LogP contribution in [0.25, 0.3) is 0 Å². The molecule has 2 unspecified atom stereocenters. The number of fused-ring (bicyclic) bond motifs is 1. The van der Waals surface area contributed by atoms with Crippen molar-refractivity contribution in [3.05, 3.63) is 118 Å². The molecule has 2 N–H and O–H groups in total. The average molecular weight is 354 g/mol. The molecule has 2 aromatic rings. The van der Waals surface area contributed by atoms with Crippen molar-refractivity contribution < 1.29 is 0 Å². The highest BCUT2D eigenvalue weighted by molar-refractivity contribution is 5.76. The molecule has 27 heavy (non-hydrogen) atoms. The number of hydrogen-bond acceptors (Lipinski definition) is 1. The molecule has 1 nitrogen and oxygen atoms in total. The van der Waals surface area contributed by atoms with E-state index in [9.17, 15) is 0 Å². The highest BCUT2D eigenvalue weighted by Crippen LogP contribution is 2.57. The van der Waals surface area contributed by atoms with Gasteiger partial charge >= 0.3 is 0 Å². The molecule has 0 amide bonds. The Morgan fingerprint density at radius 1 is 0.889 bits per heavy atom. The third-order valence-electron chi connectivity index (χ3n) is 6.09. The lowest BCUT2D eigenvalue weighted by atomic mass is 9.65. The molecule has 2 aromatic carbocycles. The van der Waals surface area contributed by atoms with Crippen LogP contribution in [0.4, 0.5) is 0 Å². The lowest BCUT2D eigenvalue weighted by Gasteiger charge is -2.37. The summed E-state index contributed by atoms with van der Waals surface area (Å²) in [6.45, 7) is 6.58. The summed E-state index contributed by atoms with van der Waals surface area (Å²) >= 11 is 0. The molecule has 1 heteroatoms. The number of rotatable bonds is 3. The fourth-order valence-electron chi connectivity index (χ4n) is 4.73. The topological polar surface area (TPSA) is 26.0 Å². The van der Waals surface area contributed by atoms with E-state index in [0.29, 0.717) is 5.92 Å². The summed E-state index contributed by atoms with van der Waals surface area (Å²) in [5.74, 6) is 0.333. The first-order valence-corrected chi connectivity index (χ1v) is 9.76. The van der Waals surface area contributed by atoms with Gasteiger partial charge < -0.3 is 5.73 Å². The lowest BCUT2D eigenvalue weighted by molar-refractivity contribution is 0.602. The van der Waals surface area contributed by atoms with E-state index in [1.165, 1.54) is 33.4 Å². The Kier molecular flexibility index (Phi) is 4.49. The summed E-state index contributed by atoms with van der Waals surface area (Å²) in [4.78, 5) is 0. The standard InChI is InChI=1S/C26H27N/c1-4-11-22-19(3)26(20-12-7-5-8-13-20,21-14-9-6-10-15-21)24-17-25(27)18(2)16-23(22)24/h4-18,25H,27H2,1-3H3/b11-4-. The summed E-state index contributed by atoms with van der Waals surface area (Å²) in [5, 5.41) is 0. The van der Waals surface area contributed by atoms with Crippen LogP contribution in [0.2, 0.25) is 0 Å². The zero-order valence-electron chi connectivity index (χ0n) is 16.3. The fraction of sp³-hybridized carbons (Fsp3) is 0.231. The van der Waals surface area contributed by atoms with E-state index >= 15 is 0 Å². The maximum absolute atomic E-state index is 6.52. The Balaban J connectivity index is 2.12. The summed E-state index contributed by atoms with van der Waals surface area (Å²) in [5.41, 5.74) is 14.2. The normalized spacial score (nSPS) is 24.0. The van der Waals surface area contributed by atoms with Crippen molar-refractivity contribution in [2.45, 2.75) is 32.2 Å². The van der Waals surface area contributed by atoms with Crippen LogP contribution >= 0.6 is 0 Å². The highest BCUT2D eigenvalue weighted by atomic mass is 14.7. The molecule has 0 bridgehead atoms. The summed E-state index contributed by atoms with van der Waals surface area (Å²) in [6, 6.07) is 21.7. The van der Waals surface area contributed by atoms with Crippen LogP contribution in [-0.2, 0) is 5.41 Å². The van der Waals surface area contributed by atoms with Crippen molar-refractivity contribution in [1.29, 1.82) is 0 Å². The number of benzene rings is 2. The second-order valence-corrected chi connectivity index (χ2v) is 7.62. The first kappa shape index (κ1) is 17.8. The number of nitrogens with two attached hydrogens (primary N) is 1. The van der Waals surface area contributed by atoms with Gasteiger partial charge in [-0.1, -0.05) is 91.9 Å². The van der Waals surface area contributed by atoms with Crippen LogP contribution < -0.4 is 5.73 Å². The number of hydrogen-bond donors (Lipinski definition) is 1. The zero-order valence-corrected chi connectivity index (χ0v) is 16.3. The third kappa shape index (κ3) is 2.57. The molecular weight excluding hydrogens is 326 g/mol. The first-order valence-electron chi connectivity index (χ1n) is 9.76. The van der Waals surface area contributed by atoms with Crippen molar-refractivity contribution in [2.24, 2.45) is 11.7 Å². The van der Waals surface area contributed by atoms with Crippen LogP contribution in [0.3, 0.4) is 0 Å². The van der Waals surface area contributed by atoms with Crippen LogP contribution in [0.5, 0.6) is 0 Å². The molecule has 4 rings (SSSR count). The van der Waals surface area contributed by atoms with Gasteiger partial charge in [-0.25, -0.2) is 0 Å². The van der Waals surface area contributed by atoms with Gasteiger partial charge in [0.15, 0.2) is 0 Å². The Bertz CT molecular complexity index is 918.